The predicted octanol–water partition coefficient (Wildman–Crippen LogP) is 0.621. The summed E-state index contributed by atoms with van der Waals surface area (Å²) in [6.45, 7) is 1.81. The normalized spacial score (nSPS) is 24.1. The van der Waals surface area contributed by atoms with Crippen molar-refractivity contribution in [1.82, 2.24) is 0 Å². The Bertz CT molecular complexity index is 365. The van der Waals surface area contributed by atoms with Crippen molar-refractivity contribution in [2.45, 2.75) is 19.8 Å². The first-order valence-corrected chi connectivity index (χ1v) is 5.18. The lowest BCUT2D eigenvalue weighted by Gasteiger charge is -2.26. The highest BCUT2D eigenvalue weighted by Gasteiger charge is 2.33. The lowest BCUT2D eigenvalue weighted by Crippen LogP contribution is -2.35. The molecule has 0 spiro atoms. The number of hydrogen-bond acceptors (Lipinski definition) is 3. The topological polar surface area (TPSA) is 69.4 Å². The second-order valence-corrected chi connectivity index (χ2v) is 3.87. The summed E-state index contributed by atoms with van der Waals surface area (Å²) in [5.41, 5.74) is 5.64. The molecule has 1 amide bonds. The zero-order valence-electron chi connectivity index (χ0n) is 9.23. The molecule has 0 saturated carbocycles. The maximum Gasteiger partial charge on any atom is 0.335 e. The molecule has 2 unspecified atom stereocenters. The van der Waals surface area contributed by atoms with Crippen molar-refractivity contribution in [2.75, 3.05) is 6.61 Å². The van der Waals surface area contributed by atoms with Crippen molar-refractivity contribution in [1.29, 1.82) is 0 Å². The van der Waals surface area contributed by atoms with Crippen LogP contribution >= 0.6 is 0 Å². The van der Waals surface area contributed by atoms with Crippen LogP contribution in [0.3, 0.4) is 0 Å². The van der Waals surface area contributed by atoms with E-state index in [1.165, 1.54) is 0 Å². The molecule has 4 heteroatoms. The van der Waals surface area contributed by atoms with Gasteiger partial charge in [0.05, 0.1) is 5.92 Å². The summed E-state index contributed by atoms with van der Waals surface area (Å²) in [6, 6.07) is 0. The number of esters is 1. The first-order valence-electron chi connectivity index (χ1n) is 5.18. The molecule has 86 valence electrons. The van der Waals surface area contributed by atoms with Gasteiger partial charge in [-0.2, -0.15) is 0 Å². The van der Waals surface area contributed by atoms with Gasteiger partial charge in [0.2, 0.25) is 5.91 Å². The minimum Gasteiger partial charge on any atom is -0.449 e. The summed E-state index contributed by atoms with van der Waals surface area (Å²) in [4.78, 5) is 22.9. The van der Waals surface area contributed by atoms with E-state index in [9.17, 15) is 9.59 Å². The van der Waals surface area contributed by atoms with Crippen LogP contribution in [0.1, 0.15) is 19.8 Å². The number of amides is 1. The third-order valence-electron chi connectivity index (χ3n) is 2.72. The summed E-state index contributed by atoms with van der Waals surface area (Å²) >= 11 is 0. The van der Waals surface area contributed by atoms with E-state index in [-0.39, 0.29) is 12.5 Å². The number of carbonyl (C=O) groups excluding carboxylic acids is 2. The Kier molecular flexibility index (Phi) is 4.12. The fraction of sp³-hybridized carbons (Fsp3) is 0.500. The highest BCUT2D eigenvalue weighted by molar-refractivity contribution is 5.97. The molecule has 0 radical (unpaired) electrons. The van der Waals surface area contributed by atoms with Gasteiger partial charge in [0.15, 0.2) is 6.61 Å². The highest BCUT2D eigenvalue weighted by atomic mass is 16.5. The Morgan fingerprint density at radius 2 is 2.38 bits per heavy atom. The molecule has 2 atom stereocenters. The molecule has 1 aliphatic rings. The average Bonchev–Trinajstić information content (AvgIpc) is 2.24. The molecule has 0 aromatic carbocycles. The number of ether oxygens (including phenoxy) is 1. The van der Waals surface area contributed by atoms with Crippen LogP contribution in [0.4, 0.5) is 0 Å². The molecule has 0 aromatic rings. The molecule has 16 heavy (non-hydrogen) atoms. The molecule has 0 bridgehead atoms. The van der Waals surface area contributed by atoms with Crippen molar-refractivity contribution in [3.05, 3.63) is 11.6 Å². The first kappa shape index (κ1) is 12.3. The van der Waals surface area contributed by atoms with Gasteiger partial charge in [-0.15, -0.1) is 6.42 Å². The van der Waals surface area contributed by atoms with Gasteiger partial charge in [-0.3, -0.25) is 4.79 Å². The summed E-state index contributed by atoms with van der Waals surface area (Å²) in [5, 5.41) is 0. The van der Waals surface area contributed by atoms with E-state index in [0.717, 1.165) is 12.8 Å². The minimum atomic E-state index is -0.556. The number of nitrogens with two attached hydrogens (primary N) is 1. The number of hydrogen-bond donors (Lipinski definition) is 1. The van der Waals surface area contributed by atoms with Gasteiger partial charge in [-0.1, -0.05) is 18.9 Å². The number of terminal acetylenes is 1. The molecule has 0 aromatic heterocycles. The first-order chi connectivity index (χ1) is 7.57. The van der Waals surface area contributed by atoms with Crippen molar-refractivity contribution >= 4 is 11.9 Å². The van der Waals surface area contributed by atoms with Crippen LogP contribution in [0, 0.1) is 24.2 Å². The molecular weight excluding hydrogens is 206 g/mol. The van der Waals surface area contributed by atoms with Gasteiger partial charge >= 0.3 is 5.97 Å². The SMILES string of the molecule is C#CCOC(=O)C1=CCCC(C)C1C(N)=O. The van der Waals surface area contributed by atoms with Gasteiger partial charge in [0, 0.05) is 5.57 Å². The highest BCUT2D eigenvalue weighted by Crippen LogP contribution is 2.30. The smallest absolute Gasteiger partial charge is 0.335 e. The molecule has 0 saturated heterocycles. The van der Waals surface area contributed by atoms with Crippen molar-refractivity contribution in [2.24, 2.45) is 17.6 Å². The summed E-state index contributed by atoms with van der Waals surface area (Å²) in [6.07, 6.45) is 8.31. The van der Waals surface area contributed by atoms with Crippen molar-refractivity contribution in [3.8, 4) is 12.3 Å². The van der Waals surface area contributed by atoms with Gasteiger partial charge in [0.1, 0.15) is 0 Å². The Balaban J connectivity index is 2.83. The summed E-state index contributed by atoms with van der Waals surface area (Å²) in [7, 11) is 0. The van der Waals surface area contributed by atoms with Gasteiger partial charge in [-0.25, -0.2) is 4.79 Å². The molecule has 1 rings (SSSR count). The third-order valence-corrected chi connectivity index (χ3v) is 2.72. The lowest BCUT2D eigenvalue weighted by atomic mass is 9.79. The van der Waals surface area contributed by atoms with Crippen molar-refractivity contribution in [3.63, 3.8) is 0 Å². The Labute approximate surface area is 94.8 Å². The number of allylic oxidation sites excluding steroid dienone is 1. The Morgan fingerprint density at radius 3 is 2.94 bits per heavy atom. The molecule has 0 heterocycles. The van der Waals surface area contributed by atoms with E-state index in [2.05, 4.69) is 5.92 Å². The van der Waals surface area contributed by atoms with Crippen LogP contribution in [0.25, 0.3) is 0 Å². The van der Waals surface area contributed by atoms with Gasteiger partial charge in [0.25, 0.3) is 0 Å². The minimum absolute atomic E-state index is 0.0656. The van der Waals surface area contributed by atoms with Gasteiger partial charge in [-0.05, 0) is 18.8 Å². The van der Waals surface area contributed by atoms with Crippen molar-refractivity contribution < 1.29 is 14.3 Å². The van der Waals surface area contributed by atoms with Crippen LogP contribution in [0.15, 0.2) is 11.6 Å². The number of primary amides is 1. The molecule has 0 aliphatic heterocycles. The second kappa shape index (κ2) is 5.36. The zero-order chi connectivity index (χ0) is 12.1. The van der Waals surface area contributed by atoms with Crippen LogP contribution in [-0.2, 0) is 14.3 Å². The van der Waals surface area contributed by atoms with E-state index in [1.807, 2.05) is 6.92 Å². The quantitative estimate of drug-likeness (QED) is 0.561. The molecule has 4 nitrogen and oxygen atoms in total. The fourth-order valence-electron chi connectivity index (χ4n) is 1.94. The fourth-order valence-corrected chi connectivity index (χ4v) is 1.94. The Morgan fingerprint density at radius 1 is 1.69 bits per heavy atom. The number of carbonyl (C=O) groups is 2. The third kappa shape index (κ3) is 2.63. The van der Waals surface area contributed by atoms with Crippen LogP contribution in [0.5, 0.6) is 0 Å². The van der Waals surface area contributed by atoms with E-state index in [1.54, 1.807) is 6.08 Å². The zero-order valence-corrected chi connectivity index (χ0v) is 9.23. The second-order valence-electron chi connectivity index (χ2n) is 3.87. The standard InChI is InChI=1S/C12H15NO3/c1-3-7-16-12(15)9-6-4-5-8(2)10(9)11(13)14/h1,6,8,10H,4-5,7H2,2H3,(H2,13,14). The van der Waals surface area contributed by atoms with E-state index < -0.39 is 17.8 Å². The number of rotatable bonds is 3. The lowest BCUT2D eigenvalue weighted by molar-refractivity contribution is -0.140. The van der Waals surface area contributed by atoms with E-state index in [0.29, 0.717) is 5.57 Å². The molecule has 0 fully saturated rings. The molecular formula is C12H15NO3. The summed E-state index contributed by atoms with van der Waals surface area (Å²) < 4.78 is 4.81. The molecule has 2 N–H and O–H groups in total. The largest absolute Gasteiger partial charge is 0.449 e. The maximum atomic E-state index is 11.6. The average molecular weight is 221 g/mol. The van der Waals surface area contributed by atoms with Gasteiger partial charge < -0.3 is 10.5 Å². The van der Waals surface area contributed by atoms with Crippen LogP contribution in [0.2, 0.25) is 0 Å². The monoisotopic (exact) mass is 221 g/mol. The summed E-state index contributed by atoms with van der Waals surface area (Å²) in [5.74, 6) is 0.692. The predicted molar refractivity (Wildman–Crippen MR) is 59.0 cm³/mol. The van der Waals surface area contributed by atoms with Crippen LogP contribution < -0.4 is 5.73 Å². The van der Waals surface area contributed by atoms with E-state index in [4.69, 9.17) is 16.9 Å². The molecule has 1 aliphatic carbocycles. The Hall–Kier alpha value is -1.76. The van der Waals surface area contributed by atoms with E-state index >= 15 is 0 Å². The van der Waals surface area contributed by atoms with Crippen LogP contribution in [-0.4, -0.2) is 18.5 Å². The maximum absolute atomic E-state index is 11.6.